The highest BCUT2D eigenvalue weighted by Crippen LogP contribution is 2.15. The molecule has 0 spiro atoms. The van der Waals surface area contributed by atoms with Gasteiger partial charge in [0, 0.05) is 18.2 Å². The molecular formula is C11H15N5O. The fraction of sp³-hybridized carbons (Fsp3) is 0.364. The zero-order valence-corrected chi connectivity index (χ0v) is 9.84. The van der Waals surface area contributed by atoms with E-state index >= 15 is 0 Å². The van der Waals surface area contributed by atoms with Crippen molar-refractivity contribution in [1.29, 1.82) is 0 Å². The van der Waals surface area contributed by atoms with Gasteiger partial charge in [-0.2, -0.15) is 4.98 Å². The molecule has 0 fully saturated rings. The van der Waals surface area contributed by atoms with Gasteiger partial charge in [-0.05, 0) is 26.0 Å². The summed E-state index contributed by atoms with van der Waals surface area (Å²) < 4.78 is 1.67. The summed E-state index contributed by atoms with van der Waals surface area (Å²) in [7, 11) is 0. The van der Waals surface area contributed by atoms with Crippen molar-refractivity contribution in [3.8, 4) is 0 Å². The van der Waals surface area contributed by atoms with Crippen LogP contribution < -0.4 is 11.1 Å². The average Bonchev–Trinajstić information content (AvgIpc) is 2.55. The molecule has 2 heterocycles. The van der Waals surface area contributed by atoms with Crippen LogP contribution in [0.5, 0.6) is 0 Å². The molecule has 0 aliphatic heterocycles. The number of hydrogen-bond acceptors (Lipinski definition) is 4. The van der Waals surface area contributed by atoms with Gasteiger partial charge in [0.2, 0.25) is 11.9 Å². The molecule has 0 saturated carbocycles. The van der Waals surface area contributed by atoms with E-state index < -0.39 is 5.54 Å². The van der Waals surface area contributed by atoms with Crippen molar-refractivity contribution in [2.45, 2.75) is 25.8 Å². The van der Waals surface area contributed by atoms with Crippen LogP contribution in [0.15, 0.2) is 24.4 Å². The number of aromatic nitrogens is 3. The van der Waals surface area contributed by atoms with Crippen LogP contribution in [0.25, 0.3) is 5.65 Å². The van der Waals surface area contributed by atoms with E-state index in [1.165, 1.54) is 0 Å². The Labute approximate surface area is 98.8 Å². The zero-order chi connectivity index (χ0) is 12.5. The van der Waals surface area contributed by atoms with Crippen molar-refractivity contribution in [3.63, 3.8) is 0 Å². The van der Waals surface area contributed by atoms with E-state index in [4.69, 9.17) is 5.73 Å². The molecule has 0 aliphatic carbocycles. The number of carbonyl (C=O) groups excluding carboxylic acids is 1. The molecule has 17 heavy (non-hydrogen) atoms. The summed E-state index contributed by atoms with van der Waals surface area (Å²) in [6.45, 7) is 3.76. The van der Waals surface area contributed by atoms with Gasteiger partial charge in [0.25, 0.3) is 0 Å². The lowest BCUT2D eigenvalue weighted by atomic mass is 10.0. The monoisotopic (exact) mass is 233 g/mol. The molecule has 0 bridgehead atoms. The third-order valence-corrected chi connectivity index (χ3v) is 2.31. The number of pyridine rings is 1. The lowest BCUT2D eigenvalue weighted by Crippen LogP contribution is -2.36. The molecule has 0 atom stereocenters. The minimum absolute atomic E-state index is 0.225. The maximum atomic E-state index is 10.9. The van der Waals surface area contributed by atoms with Crippen molar-refractivity contribution in [3.05, 3.63) is 24.4 Å². The van der Waals surface area contributed by atoms with E-state index in [-0.39, 0.29) is 12.3 Å². The van der Waals surface area contributed by atoms with Gasteiger partial charge in [-0.1, -0.05) is 6.07 Å². The molecule has 0 aliphatic rings. The number of nitrogens with zero attached hydrogens (tertiary/aromatic N) is 3. The Hall–Kier alpha value is -2.11. The third kappa shape index (κ3) is 2.72. The molecule has 0 aromatic carbocycles. The van der Waals surface area contributed by atoms with Crippen LogP contribution in [0.1, 0.15) is 20.3 Å². The minimum Gasteiger partial charge on any atom is -0.370 e. The van der Waals surface area contributed by atoms with Gasteiger partial charge in [0.1, 0.15) is 0 Å². The standard InChI is InChI=1S/C11H15N5O/c1-11(2,7-8(12)17)14-10-13-9-5-3-4-6-16(9)15-10/h3-6H,7H2,1-2H3,(H2,12,17)(H,14,15). The molecule has 1 amide bonds. The molecule has 0 saturated heterocycles. The van der Waals surface area contributed by atoms with Crippen molar-refractivity contribution < 1.29 is 4.79 Å². The number of carbonyl (C=O) groups is 1. The largest absolute Gasteiger partial charge is 0.370 e. The maximum Gasteiger partial charge on any atom is 0.243 e. The van der Waals surface area contributed by atoms with Gasteiger partial charge in [-0.15, -0.1) is 5.10 Å². The molecule has 0 unspecified atom stereocenters. The molecule has 2 aromatic rings. The van der Waals surface area contributed by atoms with Crippen LogP contribution >= 0.6 is 0 Å². The molecular weight excluding hydrogens is 218 g/mol. The lowest BCUT2D eigenvalue weighted by molar-refractivity contribution is -0.118. The normalized spacial score (nSPS) is 11.6. The molecule has 0 radical (unpaired) electrons. The molecule has 2 rings (SSSR count). The quantitative estimate of drug-likeness (QED) is 0.817. The Morgan fingerprint density at radius 3 is 2.94 bits per heavy atom. The van der Waals surface area contributed by atoms with Gasteiger partial charge in [0.05, 0.1) is 0 Å². The van der Waals surface area contributed by atoms with Crippen molar-refractivity contribution in [1.82, 2.24) is 14.6 Å². The van der Waals surface area contributed by atoms with Crippen molar-refractivity contribution in [2.75, 3.05) is 5.32 Å². The average molecular weight is 233 g/mol. The Balaban J connectivity index is 2.20. The molecule has 6 heteroatoms. The first-order chi connectivity index (χ1) is 7.96. The Morgan fingerprint density at radius 2 is 2.29 bits per heavy atom. The molecule has 2 aromatic heterocycles. The van der Waals surface area contributed by atoms with E-state index in [9.17, 15) is 4.79 Å². The topological polar surface area (TPSA) is 85.3 Å². The molecule has 6 nitrogen and oxygen atoms in total. The van der Waals surface area contributed by atoms with Crippen molar-refractivity contribution in [2.24, 2.45) is 5.73 Å². The van der Waals surface area contributed by atoms with Crippen LogP contribution in [0.3, 0.4) is 0 Å². The van der Waals surface area contributed by atoms with Gasteiger partial charge in [0.15, 0.2) is 5.65 Å². The molecule has 90 valence electrons. The van der Waals surface area contributed by atoms with Crippen LogP contribution in [0, 0.1) is 0 Å². The number of nitrogens with two attached hydrogens (primary N) is 1. The highest BCUT2D eigenvalue weighted by Gasteiger charge is 2.22. The van der Waals surface area contributed by atoms with E-state index in [1.54, 1.807) is 4.52 Å². The first-order valence-electron chi connectivity index (χ1n) is 5.34. The fourth-order valence-corrected chi connectivity index (χ4v) is 1.67. The summed E-state index contributed by atoms with van der Waals surface area (Å²) in [6.07, 6.45) is 2.04. The number of rotatable bonds is 4. The predicted octanol–water partition coefficient (Wildman–Crippen LogP) is 0.795. The van der Waals surface area contributed by atoms with Gasteiger partial charge in [-0.25, -0.2) is 4.52 Å². The summed E-state index contributed by atoms with van der Waals surface area (Å²) in [5, 5.41) is 7.34. The number of anilines is 1. The van der Waals surface area contributed by atoms with Gasteiger partial charge in [-0.3, -0.25) is 4.79 Å². The first kappa shape index (κ1) is 11.4. The number of amides is 1. The van der Waals surface area contributed by atoms with E-state index in [0.717, 1.165) is 5.65 Å². The summed E-state index contributed by atoms with van der Waals surface area (Å²) in [5.41, 5.74) is 5.48. The van der Waals surface area contributed by atoms with Crippen LogP contribution in [-0.2, 0) is 4.79 Å². The van der Waals surface area contributed by atoms with Crippen LogP contribution in [0.4, 0.5) is 5.95 Å². The summed E-state index contributed by atoms with van der Waals surface area (Å²) in [5.74, 6) is 0.133. The van der Waals surface area contributed by atoms with E-state index in [0.29, 0.717) is 5.95 Å². The van der Waals surface area contributed by atoms with Crippen LogP contribution in [0.2, 0.25) is 0 Å². The zero-order valence-electron chi connectivity index (χ0n) is 9.84. The second-order valence-corrected chi connectivity index (χ2v) is 4.59. The second-order valence-electron chi connectivity index (χ2n) is 4.59. The molecule has 3 N–H and O–H groups in total. The SMILES string of the molecule is CC(C)(CC(N)=O)Nc1nc2ccccn2n1. The second kappa shape index (κ2) is 4.04. The Kier molecular flexibility index (Phi) is 2.71. The Morgan fingerprint density at radius 1 is 1.53 bits per heavy atom. The fourth-order valence-electron chi connectivity index (χ4n) is 1.67. The summed E-state index contributed by atoms with van der Waals surface area (Å²) >= 11 is 0. The Bertz CT molecular complexity index is 513. The number of primary amides is 1. The maximum absolute atomic E-state index is 10.9. The predicted molar refractivity (Wildman–Crippen MR) is 64.5 cm³/mol. The third-order valence-electron chi connectivity index (χ3n) is 2.31. The minimum atomic E-state index is -0.462. The first-order valence-corrected chi connectivity index (χ1v) is 5.34. The summed E-state index contributed by atoms with van der Waals surface area (Å²) in [4.78, 5) is 15.2. The highest BCUT2D eigenvalue weighted by molar-refractivity contribution is 5.75. The van der Waals surface area contributed by atoms with Crippen molar-refractivity contribution >= 4 is 17.5 Å². The highest BCUT2D eigenvalue weighted by atomic mass is 16.1. The van der Waals surface area contributed by atoms with E-state index in [1.807, 2.05) is 38.2 Å². The summed E-state index contributed by atoms with van der Waals surface area (Å²) in [6, 6.07) is 5.63. The van der Waals surface area contributed by atoms with Gasteiger partial charge < -0.3 is 11.1 Å². The number of nitrogens with one attached hydrogen (secondary N) is 1. The van der Waals surface area contributed by atoms with E-state index in [2.05, 4.69) is 15.4 Å². The number of fused-ring (bicyclic) bond motifs is 1. The number of hydrogen-bond donors (Lipinski definition) is 2. The smallest absolute Gasteiger partial charge is 0.243 e. The van der Waals surface area contributed by atoms with Gasteiger partial charge >= 0.3 is 0 Å². The lowest BCUT2D eigenvalue weighted by Gasteiger charge is -2.23. The van der Waals surface area contributed by atoms with Crippen LogP contribution in [-0.4, -0.2) is 26.0 Å².